The number of nitrogens with two attached hydrogens (primary N) is 1. The first-order valence-corrected chi connectivity index (χ1v) is 5.15. The van der Waals surface area contributed by atoms with Gasteiger partial charge in [0.2, 0.25) is 0 Å². The number of rotatable bonds is 0. The van der Waals surface area contributed by atoms with Crippen LogP contribution in [0.25, 0.3) is 0 Å². The van der Waals surface area contributed by atoms with E-state index >= 15 is 0 Å². The van der Waals surface area contributed by atoms with Crippen LogP contribution in [0.5, 0.6) is 0 Å². The fraction of sp³-hybridized carbons (Fsp3) is 1.00. The predicted octanol–water partition coefficient (Wildman–Crippen LogP) is 2.52. The van der Waals surface area contributed by atoms with Crippen LogP contribution in [0.4, 0.5) is 0 Å². The van der Waals surface area contributed by atoms with Crippen molar-refractivity contribution in [2.45, 2.75) is 50.4 Å². The highest BCUT2D eigenvalue weighted by Crippen LogP contribution is 2.72. The molecular weight excluding hydrogens is 170 g/mol. The van der Waals surface area contributed by atoms with E-state index in [2.05, 4.69) is 20.8 Å². The summed E-state index contributed by atoms with van der Waals surface area (Å²) >= 11 is 6.51. The maximum Gasteiger partial charge on any atom is 0.0536 e. The lowest BCUT2D eigenvalue weighted by atomic mass is 9.84. The van der Waals surface area contributed by atoms with E-state index in [0.29, 0.717) is 11.3 Å². The fourth-order valence-electron chi connectivity index (χ4n) is 2.86. The Morgan fingerprint density at radius 3 is 2.25 bits per heavy atom. The molecule has 1 nitrogen and oxygen atoms in total. The summed E-state index contributed by atoms with van der Waals surface area (Å²) in [6, 6.07) is 0. The highest BCUT2D eigenvalue weighted by atomic mass is 35.5. The summed E-state index contributed by atoms with van der Waals surface area (Å²) in [6.07, 6.45) is 3.28. The Balaban J connectivity index is 2.18. The smallest absolute Gasteiger partial charge is 0.0536 e. The second-order valence-corrected chi connectivity index (χ2v) is 6.17. The molecule has 12 heavy (non-hydrogen) atoms. The molecule has 2 aliphatic carbocycles. The highest BCUT2D eigenvalue weighted by molar-refractivity contribution is 6.27. The van der Waals surface area contributed by atoms with Crippen LogP contribution < -0.4 is 5.73 Å². The molecule has 2 unspecified atom stereocenters. The summed E-state index contributed by atoms with van der Waals surface area (Å²) in [5.74, 6) is 0.649. The largest absolute Gasteiger partial charge is 0.325 e. The summed E-state index contributed by atoms with van der Waals surface area (Å²) in [5.41, 5.74) is 6.48. The van der Waals surface area contributed by atoms with Gasteiger partial charge < -0.3 is 5.73 Å². The Bertz CT molecular complexity index is 222. The molecule has 2 heteroatoms. The van der Waals surface area contributed by atoms with E-state index in [1.807, 2.05) is 0 Å². The lowest BCUT2D eigenvalue weighted by Crippen LogP contribution is -2.40. The standard InChI is InChI=1S/C10H18ClN/c1-8(2)7-6-9(3,12)4-5-10(7,8)11/h7H,4-6,12H2,1-3H3/t7-,9?,10?/m1/s1. The minimum absolute atomic E-state index is 0.0385. The van der Waals surface area contributed by atoms with Gasteiger partial charge in [-0.25, -0.2) is 0 Å². The van der Waals surface area contributed by atoms with Crippen LogP contribution in [0, 0.1) is 11.3 Å². The normalized spacial score (nSPS) is 56.2. The van der Waals surface area contributed by atoms with E-state index in [9.17, 15) is 0 Å². The van der Waals surface area contributed by atoms with E-state index in [-0.39, 0.29) is 10.4 Å². The molecule has 0 radical (unpaired) electrons. The number of hydrogen-bond donors (Lipinski definition) is 1. The van der Waals surface area contributed by atoms with Crippen molar-refractivity contribution in [3.8, 4) is 0 Å². The molecule has 0 saturated heterocycles. The lowest BCUT2D eigenvalue weighted by molar-refractivity contribution is 0.316. The van der Waals surface area contributed by atoms with E-state index < -0.39 is 0 Å². The van der Waals surface area contributed by atoms with Crippen LogP contribution in [0.1, 0.15) is 40.0 Å². The average molecular weight is 188 g/mol. The second-order valence-electron chi connectivity index (χ2n) is 5.49. The van der Waals surface area contributed by atoms with Gasteiger partial charge in [0, 0.05) is 5.54 Å². The van der Waals surface area contributed by atoms with E-state index in [4.69, 9.17) is 17.3 Å². The Labute approximate surface area is 79.7 Å². The highest BCUT2D eigenvalue weighted by Gasteiger charge is 2.72. The monoisotopic (exact) mass is 187 g/mol. The van der Waals surface area contributed by atoms with Gasteiger partial charge in [0.15, 0.2) is 0 Å². The van der Waals surface area contributed by atoms with Gasteiger partial charge in [0.05, 0.1) is 4.87 Å². The molecule has 0 amide bonds. The lowest BCUT2D eigenvalue weighted by Gasteiger charge is -2.30. The van der Waals surface area contributed by atoms with Crippen molar-refractivity contribution in [3.05, 3.63) is 0 Å². The molecule has 2 N–H and O–H groups in total. The Morgan fingerprint density at radius 1 is 1.25 bits per heavy atom. The molecule has 2 aliphatic rings. The summed E-state index contributed by atoms with van der Waals surface area (Å²) < 4.78 is 0. The Hall–Kier alpha value is 0.250. The number of halogens is 1. The molecule has 0 aliphatic heterocycles. The van der Waals surface area contributed by atoms with Crippen LogP contribution in [0.2, 0.25) is 0 Å². The van der Waals surface area contributed by atoms with Crippen LogP contribution in [0.15, 0.2) is 0 Å². The molecule has 70 valence electrons. The van der Waals surface area contributed by atoms with Gasteiger partial charge >= 0.3 is 0 Å². The average Bonchev–Trinajstić information content (AvgIpc) is 2.32. The van der Waals surface area contributed by atoms with Crippen molar-refractivity contribution in [1.29, 1.82) is 0 Å². The van der Waals surface area contributed by atoms with Gasteiger partial charge in [-0.3, -0.25) is 0 Å². The quantitative estimate of drug-likeness (QED) is 0.580. The van der Waals surface area contributed by atoms with Gasteiger partial charge in [-0.15, -0.1) is 11.6 Å². The minimum Gasteiger partial charge on any atom is -0.325 e. The van der Waals surface area contributed by atoms with Gasteiger partial charge in [-0.05, 0) is 37.5 Å². The summed E-state index contributed by atoms with van der Waals surface area (Å²) in [4.78, 5) is 0.0892. The molecule has 0 heterocycles. The molecule has 3 atom stereocenters. The van der Waals surface area contributed by atoms with Crippen molar-refractivity contribution in [3.63, 3.8) is 0 Å². The zero-order chi connectivity index (χ0) is 9.20. The first-order valence-electron chi connectivity index (χ1n) is 4.77. The van der Waals surface area contributed by atoms with Gasteiger partial charge in [0.1, 0.15) is 0 Å². The molecule has 0 bridgehead atoms. The van der Waals surface area contributed by atoms with Crippen molar-refractivity contribution < 1.29 is 0 Å². The van der Waals surface area contributed by atoms with Crippen molar-refractivity contribution in [2.75, 3.05) is 0 Å². The van der Waals surface area contributed by atoms with Crippen molar-refractivity contribution in [1.82, 2.24) is 0 Å². The molecule has 0 spiro atoms. The maximum atomic E-state index is 6.51. The first-order chi connectivity index (χ1) is 5.30. The Kier molecular flexibility index (Phi) is 1.48. The second kappa shape index (κ2) is 2.01. The maximum absolute atomic E-state index is 6.51. The number of alkyl halides is 1. The van der Waals surface area contributed by atoms with Crippen molar-refractivity contribution >= 4 is 11.6 Å². The zero-order valence-corrected chi connectivity index (χ0v) is 8.91. The van der Waals surface area contributed by atoms with Gasteiger partial charge in [0.25, 0.3) is 0 Å². The Morgan fingerprint density at radius 2 is 1.83 bits per heavy atom. The van der Waals surface area contributed by atoms with Crippen LogP contribution in [0.3, 0.4) is 0 Å². The van der Waals surface area contributed by atoms with Crippen LogP contribution in [-0.2, 0) is 0 Å². The molecule has 2 rings (SSSR count). The SMILES string of the molecule is CC1(N)CCC2(Cl)[C@H](C1)C2(C)C. The zero-order valence-electron chi connectivity index (χ0n) is 8.15. The minimum atomic E-state index is 0.0385. The third kappa shape index (κ3) is 0.898. The molecule has 2 fully saturated rings. The van der Waals surface area contributed by atoms with E-state index in [1.165, 1.54) is 0 Å². The molecular formula is C10H18ClN. The third-order valence-electron chi connectivity index (χ3n) is 4.14. The molecule has 2 saturated carbocycles. The topological polar surface area (TPSA) is 26.0 Å². The fourth-order valence-corrected chi connectivity index (χ4v) is 3.38. The van der Waals surface area contributed by atoms with E-state index in [1.54, 1.807) is 0 Å². The predicted molar refractivity (Wildman–Crippen MR) is 52.3 cm³/mol. The van der Waals surface area contributed by atoms with Crippen LogP contribution in [-0.4, -0.2) is 10.4 Å². The van der Waals surface area contributed by atoms with E-state index in [0.717, 1.165) is 19.3 Å². The number of hydrogen-bond acceptors (Lipinski definition) is 1. The first kappa shape index (κ1) is 8.83. The summed E-state index contributed by atoms with van der Waals surface area (Å²) in [5, 5.41) is 0. The third-order valence-corrected chi connectivity index (χ3v) is 5.08. The molecule has 0 aromatic heterocycles. The number of fused-ring (bicyclic) bond motifs is 1. The van der Waals surface area contributed by atoms with Gasteiger partial charge in [-0.1, -0.05) is 13.8 Å². The molecule has 0 aromatic carbocycles. The van der Waals surface area contributed by atoms with Crippen LogP contribution >= 0.6 is 11.6 Å². The van der Waals surface area contributed by atoms with Gasteiger partial charge in [-0.2, -0.15) is 0 Å². The summed E-state index contributed by atoms with van der Waals surface area (Å²) in [7, 11) is 0. The molecule has 0 aromatic rings. The van der Waals surface area contributed by atoms with Crippen molar-refractivity contribution in [2.24, 2.45) is 17.1 Å². The summed E-state index contributed by atoms with van der Waals surface area (Å²) in [6.45, 7) is 6.69.